The summed E-state index contributed by atoms with van der Waals surface area (Å²) in [4.78, 5) is 0. The molecular formula is C23H28O8. The Balaban J connectivity index is 1.67. The van der Waals surface area contributed by atoms with Gasteiger partial charge in [-0.3, -0.25) is 0 Å². The predicted octanol–water partition coefficient (Wildman–Crippen LogP) is 2.92. The van der Waals surface area contributed by atoms with E-state index in [2.05, 4.69) is 0 Å². The zero-order valence-corrected chi connectivity index (χ0v) is 18.0. The number of rotatable bonds is 12. The van der Waals surface area contributed by atoms with Crippen molar-refractivity contribution in [2.75, 3.05) is 47.8 Å². The lowest BCUT2D eigenvalue weighted by Gasteiger charge is -2.19. The van der Waals surface area contributed by atoms with E-state index in [1.54, 1.807) is 20.3 Å². The number of phenolic OH excluding ortho intramolecular Hbond substituents is 1. The van der Waals surface area contributed by atoms with Gasteiger partial charge >= 0.3 is 0 Å². The third-order valence-electron chi connectivity index (χ3n) is 5.11. The van der Waals surface area contributed by atoms with Gasteiger partial charge in [-0.2, -0.15) is 0 Å². The molecule has 0 amide bonds. The second-order valence-electron chi connectivity index (χ2n) is 7.52. The maximum Gasteiger partial charge on any atom is 0.168 e. The molecule has 168 valence electrons. The summed E-state index contributed by atoms with van der Waals surface area (Å²) in [6, 6.07) is 7.40. The van der Waals surface area contributed by atoms with Crippen LogP contribution < -0.4 is 14.2 Å². The average Bonchev–Trinajstić information content (AvgIpc) is 3.68. The molecule has 2 fully saturated rings. The van der Waals surface area contributed by atoms with Crippen molar-refractivity contribution in [3.63, 3.8) is 0 Å². The van der Waals surface area contributed by atoms with Gasteiger partial charge in [0.2, 0.25) is 0 Å². The molecule has 8 heteroatoms. The molecule has 0 aromatic heterocycles. The Kier molecular flexibility index (Phi) is 6.82. The zero-order valence-electron chi connectivity index (χ0n) is 18.0. The molecule has 0 radical (unpaired) electrons. The maximum absolute atomic E-state index is 10.6. The normalized spacial score (nSPS) is 19.2. The Morgan fingerprint density at radius 3 is 1.77 bits per heavy atom. The van der Waals surface area contributed by atoms with Gasteiger partial charge in [-0.25, -0.2) is 0 Å². The molecule has 2 aromatic carbocycles. The Morgan fingerprint density at radius 2 is 1.29 bits per heavy atom. The lowest BCUT2D eigenvalue weighted by Crippen LogP contribution is -2.04. The Morgan fingerprint density at radius 1 is 0.774 bits per heavy atom. The van der Waals surface area contributed by atoms with E-state index in [4.69, 9.17) is 33.2 Å². The van der Waals surface area contributed by atoms with Crippen LogP contribution in [0.2, 0.25) is 0 Å². The number of epoxide rings is 2. The Hall–Kier alpha value is -2.52. The molecule has 2 unspecified atom stereocenters. The fourth-order valence-electron chi connectivity index (χ4n) is 3.42. The van der Waals surface area contributed by atoms with E-state index >= 15 is 0 Å². The van der Waals surface area contributed by atoms with Crippen LogP contribution in [0, 0.1) is 0 Å². The first kappa shape index (κ1) is 21.7. The first-order chi connectivity index (χ1) is 15.1. The minimum atomic E-state index is 0.0230. The fourth-order valence-corrected chi connectivity index (χ4v) is 3.42. The van der Waals surface area contributed by atoms with E-state index in [9.17, 15) is 5.11 Å². The summed E-state index contributed by atoms with van der Waals surface area (Å²) in [6.07, 6.45) is 0.364. The van der Waals surface area contributed by atoms with E-state index < -0.39 is 0 Å². The van der Waals surface area contributed by atoms with Crippen LogP contribution >= 0.6 is 0 Å². The average molecular weight is 432 g/mol. The summed E-state index contributed by atoms with van der Waals surface area (Å²) in [5.74, 6) is 1.48. The van der Waals surface area contributed by atoms with Gasteiger partial charge in [0.25, 0.3) is 0 Å². The quantitative estimate of drug-likeness (QED) is 0.512. The highest BCUT2D eigenvalue weighted by Crippen LogP contribution is 2.46. The van der Waals surface area contributed by atoms with E-state index in [-0.39, 0.29) is 18.0 Å². The van der Waals surface area contributed by atoms with Crippen molar-refractivity contribution >= 4 is 0 Å². The topological polar surface area (TPSA) is 91.4 Å². The van der Waals surface area contributed by atoms with Crippen LogP contribution in [0.15, 0.2) is 24.3 Å². The third kappa shape index (κ3) is 5.40. The molecule has 2 aliphatic heterocycles. The monoisotopic (exact) mass is 432 g/mol. The molecule has 0 bridgehead atoms. The number of phenols is 1. The number of hydrogen-bond acceptors (Lipinski definition) is 8. The molecule has 0 aliphatic carbocycles. The lowest BCUT2D eigenvalue weighted by molar-refractivity contribution is 0.104. The molecule has 1 N–H and O–H groups in total. The minimum absolute atomic E-state index is 0.0230. The molecule has 0 spiro atoms. The second-order valence-corrected chi connectivity index (χ2v) is 7.52. The predicted molar refractivity (Wildman–Crippen MR) is 112 cm³/mol. The first-order valence-electron chi connectivity index (χ1n) is 10.2. The molecule has 2 aromatic rings. The largest absolute Gasteiger partial charge is 0.504 e. The minimum Gasteiger partial charge on any atom is -0.504 e. The molecular weight excluding hydrogens is 404 g/mol. The molecule has 2 saturated heterocycles. The highest BCUT2D eigenvalue weighted by atomic mass is 16.6. The van der Waals surface area contributed by atoms with Crippen LogP contribution in [0.25, 0.3) is 11.1 Å². The number of hydrogen-bond donors (Lipinski definition) is 1. The summed E-state index contributed by atoms with van der Waals surface area (Å²) >= 11 is 0. The van der Waals surface area contributed by atoms with Gasteiger partial charge in [-0.1, -0.05) is 0 Å². The molecule has 2 atom stereocenters. The third-order valence-corrected chi connectivity index (χ3v) is 5.11. The Bertz CT molecular complexity index is 905. The van der Waals surface area contributed by atoms with Gasteiger partial charge in [0, 0.05) is 11.1 Å². The van der Waals surface area contributed by atoms with E-state index in [0.717, 1.165) is 29.9 Å². The zero-order chi connectivity index (χ0) is 21.8. The highest BCUT2D eigenvalue weighted by molar-refractivity contribution is 5.81. The number of methoxy groups -OCH3 is 3. The van der Waals surface area contributed by atoms with E-state index in [1.165, 1.54) is 7.11 Å². The van der Waals surface area contributed by atoms with E-state index in [0.29, 0.717) is 49.2 Å². The second kappa shape index (κ2) is 9.74. The van der Waals surface area contributed by atoms with Crippen LogP contribution in [0.3, 0.4) is 0 Å². The molecule has 2 heterocycles. The van der Waals surface area contributed by atoms with Crippen LogP contribution in [0.1, 0.15) is 11.1 Å². The van der Waals surface area contributed by atoms with Crippen LogP contribution in [0.5, 0.6) is 23.0 Å². The van der Waals surface area contributed by atoms with Gasteiger partial charge in [-0.05, 0) is 35.4 Å². The van der Waals surface area contributed by atoms with Crippen LogP contribution in [0.4, 0.5) is 0 Å². The summed E-state index contributed by atoms with van der Waals surface area (Å²) in [5.41, 5.74) is 3.11. The summed E-state index contributed by atoms with van der Waals surface area (Å²) in [7, 11) is 4.69. The van der Waals surface area contributed by atoms with Gasteiger partial charge in [-0.15, -0.1) is 0 Å². The van der Waals surface area contributed by atoms with E-state index in [1.807, 2.05) is 18.2 Å². The van der Waals surface area contributed by atoms with Crippen LogP contribution in [-0.4, -0.2) is 65.1 Å². The smallest absolute Gasteiger partial charge is 0.168 e. The number of ether oxygens (including phenoxy) is 7. The molecule has 2 aliphatic rings. The SMILES string of the molecule is COc1cc(COCC2CO2)cc(-c2cc(COCC3CO3)cc(O)c2OC)c1OC. The Labute approximate surface area is 181 Å². The maximum atomic E-state index is 10.6. The van der Waals surface area contributed by atoms with Crippen molar-refractivity contribution in [1.82, 2.24) is 0 Å². The van der Waals surface area contributed by atoms with Crippen molar-refractivity contribution in [2.45, 2.75) is 25.4 Å². The molecule has 0 saturated carbocycles. The number of aromatic hydroxyl groups is 1. The van der Waals surface area contributed by atoms with Crippen molar-refractivity contribution < 1.29 is 38.3 Å². The van der Waals surface area contributed by atoms with Crippen molar-refractivity contribution in [3.05, 3.63) is 35.4 Å². The van der Waals surface area contributed by atoms with Gasteiger partial charge in [0.1, 0.15) is 12.2 Å². The summed E-state index contributed by atoms with van der Waals surface area (Å²) < 4.78 is 38.6. The summed E-state index contributed by atoms with van der Waals surface area (Å²) in [6.45, 7) is 3.29. The molecule has 31 heavy (non-hydrogen) atoms. The highest BCUT2D eigenvalue weighted by Gasteiger charge is 2.24. The van der Waals surface area contributed by atoms with Crippen molar-refractivity contribution in [3.8, 4) is 34.1 Å². The number of benzene rings is 2. The van der Waals surface area contributed by atoms with Crippen molar-refractivity contribution in [1.29, 1.82) is 0 Å². The van der Waals surface area contributed by atoms with Crippen LogP contribution in [-0.2, 0) is 32.2 Å². The molecule has 4 rings (SSSR count). The first-order valence-corrected chi connectivity index (χ1v) is 10.2. The lowest BCUT2D eigenvalue weighted by atomic mass is 9.97. The standard InChI is InChI=1S/C23H28O8/c1-25-21-7-15(9-29-11-17-13-31-17)5-19(23(21)27-3)18-4-14(6-20(24)22(18)26-2)8-28-10-16-12-30-16/h4-7,16-17,24H,8-13H2,1-3H3. The van der Waals surface area contributed by atoms with Crippen molar-refractivity contribution in [2.24, 2.45) is 0 Å². The van der Waals surface area contributed by atoms with Gasteiger partial charge in [0.15, 0.2) is 23.0 Å². The fraction of sp³-hybridized carbons (Fsp3) is 0.478. The van der Waals surface area contributed by atoms with Gasteiger partial charge in [0.05, 0.1) is 61.0 Å². The molecule has 8 nitrogen and oxygen atoms in total. The van der Waals surface area contributed by atoms with Gasteiger partial charge < -0.3 is 38.3 Å². The summed E-state index contributed by atoms with van der Waals surface area (Å²) in [5, 5.41) is 10.6.